The summed E-state index contributed by atoms with van der Waals surface area (Å²) in [5.74, 6) is 0.517. The van der Waals surface area contributed by atoms with Gasteiger partial charge >= 0.3 is 12.3 Å². The molecule has 29 heavy (non-hydrogen) atoms. The van der Waals surface area contributed by atoms with Crippen LogP contribution in [0.15, 0.2) is 57.7 Å². The van der Waals surface area contributed by atoms with Gasteiger partial charge in [-0.05, 0) is 32.4 Å². The van der Waals surface area contributed by atoms with Gasteiger partial charge in [0.1, 0.15) is 5.84 Å². The van der Waals surface area contributed by atoms with E-state index in [1.54, 1.807) is 0 Å². The number of morpholine rings is 1. The Hall–Kier alpha value is -2.68. The fraction of sp³-hybridized carbons (Fsp3) is 0.450. The van der Waals surface area contributed by atoms with E-state index in [0.29, 0.717) is 32.1 Å². The second-order valence-electron chi connectivity index (χ2n) is 6.21. The minimum Gasteiger partial charge on any atom is -0.451 e. The maximum Gasteiger partial charge on any atom is 0.433 e. The molecule has 1 aliphatic heterocycles. The first-order valence-corrected chi connectivity index (χ1v) is 8.86. The van der Waals surface area contributed by atoms with E-state index >= 15 is 0 Å². The van der Waals surface area contributed by atoms with Crippen LogP contribution in [0.4, 0.5) is 18.0 Å². The van der Waals surface area contributed by atoms with Gasteiger partial charge in [-0.25, -0.2) is 9.79 Å². The minimum absolute atomic E-state index is 0.137. The lowest BCUT2D eigenvalue weighted by atomic mass is 10.0. The van der Waals surface area contributed by atoms with E-state index in [0.717, 1.165) is 18.8 Å². The third-order valence-corrected chi connectivity index (χ3v) is 4.11. The van der Waals surface area contributed by atoms with Gasteiger partial charge in [0.05, 0.1) is 31.6 Å². The predicted molar refractivity (Wildman–Crippen MR) is 107 cm³/mol. The van der Waals surface area contributed by atoms with E-state index in [2.05, 4.69) is 27.9 Å². The Bertz CT molecular complexity index is 772. The summed E-state index contributed by atoms with van der Waals surface area (Å²) in [6.45, 7) is 14.2. The summed E-state index contributed by atoms with van der Waals surface area (Å²) in [4.78, 5) is 20.9. The number of carbonyl (C=O) groups excluding carboxylic acids is 1. The van der Waals surface area contributed by atoms with E-state index < -0.39 is 23.4 Å². The number of amides is 1. The monoisotopic (exact) mass is 413 g/mol. The number of allylic oxidation sites excluding steroid dienone is 3. The molecule has 1 saturated heterocycles. The maximum atomic E-state index is 13.6. The molecule has 0 saturated carbocycles. The molecule has 1 fully saturated rings. The third kappa shape index (κ3) is 7.34. The number of nitrogens with zero attached hydrogens (tertiary/aromatic N) is 3. The van der Waals surface area contributed by atoms with Gasteiger partial charge in [0.2, 0.25) is 0 Å². The van der Waals surface area contributed by atoms with Gasteiger partial charge in [-0.15, -0.1) is 0 Å². The molecule has 9 heteroatoms. The van der Waals surface area contributed by atoms with Crippen molar-refractivity contribution in [3.8, 4) is 0 Å². The molecule has 0 radical (unpaired) electrons. The highest BCUT2D eigenvalue weighted by molar-refractivity contribution is 6.01. The van der Waals surface area contributed by atoms with Crippen LogP contribution in [0.5, 0.6) is 0 Å². The van der Waals surface area contributed by atoms with Crippen molar-refractivity contribution < 1.29 is 27.4 Å². The van der Waals surface area contributed by atoms with Crippen LogP contribution in [0.1, 0.15) is 20.8 Å². The molecule has 0 aromatic rings. The topological polar surface area (TPSA) is 63.5 Å². The van der Waals surface area contributed by atoms with Crippen LogP contribution >= 0.6 is 0 Å². The maximum absolute atomic E-state index is 13.6. The Labute approximate surface area is 168 Å². The van der Waals surface area contributed by atoms with Crippen LogP contribution in [0.25, 0.3) is 0 Å². The zero-order valence-corrected chi connectivity index (χ0v) is 17.1. The molecule has 6 nitrogen and oxygen atoms in total. The van der Waals surface area contributed by atoms with Gasteiger partial charge < -0.3 is 14.4 Å². The molecule has 1 aliphatic rings. The molecule has 0 aromatic carbocycles. The van der Waals surface area contributed by atoms with Crippen molar-refractivity contribution in [2.45, 2.75) is 26.9 Å². The van der Waals surface area contributed by atoms with Gasteiger partial charge in [-0.1, -0.05) is 19.2 Å². The lowest BCUT2D eigenvalue weighted by molar-refractivity contribution is -0.0890. The lowest BCUT2D eigenvalue weighted by Gasteiger charge is -2.30. The molecule has 0 atom stereocenters. The second kappa shape index (κ2) is 10.8. The largest absolute Gasteiger partial charge is 0.451 e. The number of alkyl halides is 3. The van der Waals surface area contributed by atoms with Gasteiger partial charge in [0.25, 0.3) is 0 Å². The van der Waals surface area contributed by atoms with Crippen LogP contribution in [0.3, 0.4) is 0 Å². The minimum atomic E-state index is -4.74. The first-order valence-electron chi connectivity index (χ1n) is 8.86. The van der Waals surface area contributed by atoms with Crippen molar-refractivity contribution in [2.75, 3.05) is 33.4 Å². The number of hydrogen-bond acceptors (Lipinski definition) is 4. The standard InChI is InChI=1S/C20H26F3N3O3/c1-7-13(2)18(26-8-10-29-11-9-26)25-16(5)15(4)17(20(21,22)23)12-14(3)24-19(27)28-6/h7,12H,4-5,8-11H2,1-3,6H3/b13-7+,17-12+,24-14?,25-18?. The lowest BCUT2D eigenvalue weighted by Crippen LogP contribution is -2.41. The normalized spacial score (nSPS) is 17.3. The van der Waals surface area contributed by atoms with E-state index in [1.807, 2.05) is 24.8 Å². The first-order chi connectivity index (χ1) is 13.5. The van der Waals surface area contributed by atoms with Crippen LogP contribution in [0.2, 0.25) is 0 Å². The number of hydrogen-bond donors (Lipinski definition) is 0. The fourth-order valence-electron chi connectivity index (χ4n) is 2.43. The Kier molecular flexibility index (Phi) is 9.03. The van der Waals surface area contributed by atoms with Crippen LogP contribution in [0, 0.1) is 0 Å². The van der Waals surface area contributed by atoms with E-state index in [9.17, 15) is 18.0 Å². The number of aliphatic imine (C=N–C) groups is 2. The van der Waals surface area contributed by atoms with E-state index in [4.69, 9.17) is 4.74 Å². The molecule has 160 valence electrons. The van der Waals surface area contributed by atoms with Crippen molar-refractivity contribution >= 4 is 17.6 Å². The fourth-order valence-corrected chi connectivity index (χ4v) is 2.43. The molecule has 0 unspecified atom stereocenters. The molecular formula is C20H26F3N3O3. The quantitative estimate of drug-likeness (QED) is 0.379. The van der Waals surface area contributed by atoms with Crippen molar-refractivity contribution in [3.05, 3.63) is 47.7 Å². The summed E-state index contributed by atoms with van der Waals surface area (Å²) in [5.41, 5.74) is -1.02. The van der Waals surface area contributed by atoms with E-state index in [-0.39, 0.29) is 11.4 Å². The van der Waals surface area contributed by atoms with Crippen molar-refractivity contribution in [2.24, 2.45) is 9.98 Å². The predicted octanol–water partition coefficient (Wildman–Crippen LogP) is 4.47. The van der Waals surface area contributed by atoms with Crippen LogP contribution in [-0.2, 0) is 9.47 Å². The summed E-state index contributed by atoms with van der Waals surface area (Å²) < 4.78 is 50.4. The summed E-state index contributed by atoms with van der Waals surface area (Å²) in [6.07, 6.45) is -3.20. The Balaban J connectivity index is 3.30. The van der Waals surface area contributed by atoms with Crippen LogP contribution in [-0.4, -0.2) is 62.1 Å². The highest BCUT2D eigenvalue weighted by Crippen LogP contribution is 2.34. The molecule has 1 amide bonds. The molecule has 1 rings (SSSR count). The number of halogens is 3. The summed E-state index contributed by atoms with van der Waals surface area (Å²) in [7, 11) is 1.08. The first kappa shape index (κ1) is 24.4. The highest BCUT2D eigenvalue weighted by atomic mass is 19.4. The molecule has 0 N–H and O–H groups in total. The van der Waals surface area contributed by atoms with Gasteiger partial charge in [0.15, 0.2) is 0 Å². The van der Waals surface area contributed by atoms with Crippen molar-refractivity contribution in [3.63, 3.8) is 0 Å². The Morgan fingerprint density at radius 2 is 1.76 bits per heavy atom. The molecule has 0 bridgehead atoms. The molecule has 0 aliphatic carbocycles. The van der Waals surface area contributed by atoms with E-state index in [1.165, 1.54) is 6.92 Å². The summed E-state index contributed by atoms with van der Waals surface area (Å²) >= 11 is 0. The smallest absolute Gasteiger partial charge is 0.433 e. The zero-order chi connectivity index (χ0) is 22.2. The number of carbonyl (C=O) groups is 1. The molecular weight excluding hydrogens is 387 g/mol. The van der Waals surface area contributed by atoms with Gasteiger partial charge in [-0.2, -0.15) is 18.2 Å². The Morgan fingerprint density at radius 1 is 1.17 bits per heavy atom. The highest BCUT2D eigenvalue weighted by Gasteiger charge is 2.36. The number of ether oxygens (including phenoxy) is 2. The third-order valence-electron chi connectivity index (χ3n) is 4.11. The van der Waals surface area contributed by atoms with Gasteiger partial charge in [0, 0.05) is 24.4 Å². The number of rotatable bonds is 5. The molecule has 0 aromatic heterocycles. The second-order valence-corrected chi connectivity index (χ2v) is 6.21. The molecule has 1 heterocycles. The average Bonchev–Trinajstić information content (AvgIpc) is 2.68. The average molecular weight is 413 g/mol. The SMILES string of the molecule is C=C(N=C(/C(C)=C/C)N1CCOCC1)C(=C)/C(=C\C(C)=NC(=O)OC)C(F)(F)F. The number of amidine groups is 1. The van der Waals surface area contributed by atoms with Gasteiger partial charge in [-0.3, -0.25) is 0 Å². The van der Waals surface area contributed by atoms with Crippen molar-refractivity contribution in [1.82, 2.24) is 4.90 Å². The van der Waals surface area contributed by atoms with Crippen LogP contribution < -0.4 is 0 Å². The summed E-state index contributed by atoms with van der Waals surface area (Å²) in [6, 6.07) is 0. The summed E-state index contributed by atoms with van der Waals surface area (Å²) in [5, 5.41) is 0. The number of methoxy groups -OCH3 is 1. The molecule has 0 spiro atoms. The zero-order valence-electron chi connectivity index (χ0n) is 17.1. The van der Waals surface area contributed by atoms with Crippen molar-refractivity contribution in [1.29, 1.82) is 0 Å². The Morgan fingerprint density at radius 3 is 2.24 bits per heavy atom.